The molecular formula is C11H17N5O3. The Labute approximate surface area is 110 Å². The van der Waals surface area contributed by atoms with Gasteiger partial charge in [0.2, 0.25) is 0 Å². The van der Waals surface area contributed by atoms with E-state index in [9.17, 15) is 9.59 Å². The van der Waals surface area contributed by atoms with Gasteiger partial charge in [-0.05, 0) is 12.8 Å². The summed E-state index contributed by atoms with van der Waals surface area (Å²) in [5, 5.41) is 21.8. The number of aryl methyl sites for hydroxylation is 1. The van der Waals surface area contributed by atoms with Gasteiger partial charge in [0.1, 0.15) is 12.2 Å². The maximum absolute atomic E-state index is 11.5. The molecule has 19 heavy (non-hydrogen) atoms. The molecule has 0 spiro atoms. The number of carbonyl (C=O) groups excluding carboxylic acids is 1. The normalized spacial score (nSPS) is 15.8. The minimum Gasteiger partial charge on any atom is -0.481 e. The molecule has 0 bridgehead atoms. The molecule has 1 saturated carbocycles. The lowest BCUT2D eigenvalue weighted by Crippen LogP contribution is -2.41. The lowest BCUT2D eigenvalue weighted by molar-refractivity contribution is -0.143. The van der Waals surface area contributed by atoms with Gasteiger partial charge in [-0.2, -0.15) is 0 Å². The third kappa shape index (κ3) is 3.21. The van der Waals surface area contributed by atoms with Crippen molar-refractivity contribution in [2.75, 3.05) is 13.1 Å². The molecule has 1 fully saturated rings. The Morgan fingerprint density at radius 3 is 2.74 bits per heavy atom. The molecule has 0 aliphatic heterocycles. The molecule has 2 amide bonds. The van der Waals surface area contributed by atoms with Gasteiger partial charge in [0.15, 0.2) is 0 Å². The minimum atomic E-state index is -0.841. The topological polar surface area (TPSA) is 109 Å². The number of carbonyl (C=O) groups is 2. The predicted octanol–water partition coefficient (Wildman–Crippen LogP) is -0.478. The SMILES string of the molecule is Cn1cnnc1CCNC(=O)NCC1(C(=O)O)CC1. The third-order valence-corrected chi connectivity index (χ3v) is 3.33. The number of carboxylic acid groups (broad SMARTS) is 1. The maximum Gasteiger partial charge on any atom is 0.314 e. The highest BCUT2D eigenvalue weighted by Gasteiger charge is 2.50. The van der Waals surface area contributed by atoms with E-state index in [2.05, 4.69) is 20.8 Å². The van der Waals surface area contributed by atoms with Crippen molar-refractivity contribution in [1.82, 2.24) is 25.4 Å². The number of aromatic nitrogens is 3. The summed E-state index contributed by atoms with van der Waals surface area (Å²) in [5.74, 6) is -0.0589. The van der Waals surface area contributed by atoms with E-state index in [0.717, 1.165) is 5.82 Å². The van der Waals surface area contributed by atoms with Crippen molar-refractivity contribution in [3.63, 3.8) is 0 Å². The van der Waals surface area contributed by atoms with Gasteiger partial charge in [0.05, 0.1) is 5.41 Å². The molecular weight excluding hydrogens is 250 g/mol. The first-order valence-corrected chi connectivity index (χ1v) is 6.11. The summed E-state index contributed by atoms with van der Waals surface area (Å²) in [6, 6.07) is -0.352. The van der Waals surface area contributed by atoms with E-state index in [-0.39, 0.29) is 12.6 Å². The van der Waals surface area contributed by atoms with Gasteiger partial charge in [0, 0.05) is 26.6 Å². The van der Waals surface area contributed by atoms with E-state index < -0.39 is 11.4 Å². The van der Waals surface area contributed by atoms with E-state index in [0.29, 0.717) is 25.8 Å². The van der Waals surface area contributed by atoms with E-state index in [1.165, 1.54) is 0 Å². The van der Waals surface area contributed by atoms with Crippen molar-refractivity contribution < 1.29 is 14.7 Å². The number of hydrogen-bond donors (Lipinski definition) is 3. The fourth-order valence-corrected chi connectivity index (χ4v) is 1.75. The Hall–Kier alpha value is -2.12. The standard InChI is InChI=1S/C11H17N5O3/c1-16-7-14-15-8(16)2-5-12-10(19)13-6-11(3-4-11)9(17)18/h7H,2-6H2,1H3,(H,17,18)(H2,12,13,19). The summed E-state index contributed by atoms with van der Waals surface area (Å²) in [4.78, 5) is 22.4. The van der Waals surface area contributed by atoms with Crippen molar-refractivity contribution in [2.45, 2.75) is 19.3 Å². The summed E-state index contributed by atoms with van der Waals surface area (Å²) >= 11 is 0. The summed E-state index contributed by atoms with van der Waals surface area (Å²) < 4.78 is 1.78. The third-order valence-electron chi connectivity index (χ3n) is 3.33. The van der Waals surface area contributed by atoms with Crippen LogP contribution in [0, 0.1) is 5.41 Å². The molecule has 0 saturated heterocycles. The maximum atomic E-state index is 11.5. The highest BCUT2D eigenvalue weighted by atomic mass is 16.4. The van der Waals surface area contributed by atoms with Crippen LogP contribution in [0.3, 0.4) is 0 Å². The molecule has 1 heterocycles. The zero-order valence-electron chi connectivity index (χ0n) is 10.7. The van der Waals surface area contributed by atoms with Crippen LogP contribution < -0.4 is 10.6 Å². The van der Waals surface area contributed by atoms with Crippen LogP contribution in [0.4, 0.5) is 4.79 Å². The monoisotopic (exact) mass is 267 g/mol. The molecule has 0 radical (unpaired) electrons. The van der Waals surface area contributed by atoms with Crippen molar-refractivity contribution in [2.24, 2.45) is 12.5 Å². The number of nitrogens with zero attached hydrogens (tertiary/aromatic N) is 3. The van der Waals surface area contributed by atoms with Gasteiger partial charge in [-0.1, -0.05) is 0 Å². The Morgan fingerprint density at radius 1 is 1.47 bits per heavy atom. The van der Waals surface area contributed by atoms with Crippen LogP contribution >= 0.6 is 0 Å². The van der Waals surface area contributed by atoms with Gasteiger partial charge < -0.3 is 20.3 Å². The number of amides is 2. The van der Waals surface area contributed by atoms with E-state index in [1.807, 2.05) is 7.05 Å². The first kappa shape index (κ1) is 13.3. The largest absolute Gasteiger partial charge is 0.481 e. The Bertz CT molecular complexity index is 480. The molecule has 0 atom stereocenters. The van der Waals surface area contributed by atoms with Gasteiger partial charge in [0.25, 0.3) is 0 Å². The van der Waals surface area contributed by atoms with Crippen molar-refractivity contribution in [3.05, 3.63) is 12.2 Å². The summed E-state index contributed by atoms with van der Waals surface area (Å²) in [6.07, 6.45) is 3.43. The number of rotatable bonds is 6. The van der Waals surface area contributed by atoms with Crippen molar-refractivity contribution in [3.8, 4) is 0 Å². The second-order valence-electron chi connectivity index (χ2n) is 4.80. The quantitative estimate of drug-likeness (QED) is 0.645. The highest BCUT2D eigenvalue weighted by Crippen LogP contribution is 2.45. The molecule has 3 N–H and O–H groups in total. The minimum absolute atomic E-state index is 0.179. The molecule has 0 unspecified atom stereocenters. The lowest BCUT2D eigenvalue weighted by atomic mass is 10.1. The van der Waals surface area contributed by atoms with Crippen LogP contribution in [0.15, 0.2) is 6.33 Å². The van der Waals surface area contributed by atoms with Crippen LogP contribution in [0.25, 0.3) is 0 Å². The number of carboxylic acids is 1. The lowest BCUT2D eigenvalue weighted by Gasteiger charge is -2.11. The Kier molecular flexibility index (Phi) is 3.68. The molecule has 1 aliphatic rings. The Balaban J connectivity index is 1.65. The molecule has 1 aromatic rings. The average molecular weight is 267 g/mol. The highest BCUT2D eigenvalue weighted by molar-refractivity contribution is 5.80. The summed E-state index contributed by atoms with van der Waals surface area (Å²) in [5.41, 5.74) is -0.735. The van der Waals surface area contributed by atoms with E-state index >= 15 is 0 Å². The first-order chi connectivity index (χ1) is 9.03. The van der Waals surface area contributed by atoms with Crippen LogP contribution in [0.1, 0.15) is 18.7 Å². The van der Waals surface area contributed by atoms with Crippen molar-refractivity contribution in [1.29, 1.82) is 0 Å². The zero-order chi connectivity index (χ0) is 13.9. The van der Waals surface area contributed by atoms with Crippen LogP contribution in [-0.4, -0.2) is 45.0 Å². The van der Waals surface area contributed by atoms with Gasteiger partial charge >= 0.3 is 12.0 Å². The Morgan fingerprint density at radius 2 is 2.21 bits per heavy atom. The number of aliphatic carboxylic acids is 1. The average Bonchev–Trinajstić information content (AvgIpc) is 3.06. The van der Waals surface area contributed by atoms with Crippen molar-refractivity contribution >= 4 is 12.0 Å². The second kappa shape index (κ2) is 5.25. The van der Waals surface area contributed by atoms with Gasteiger partial charge in [-0.15, -0.1) is 10.2 Å². The molecule has 8 heteroatoms. The summed E-state index contributed by atoms with van der Waals surface area (Å²) in [7, 11) is 1.83. The van der Waals surface area contributed by atoms with Crippen LogP contribution in [0.2, 0.25) is 0 Å². The number of hydrogen-bond acceptors (Lipinski definition) is 4. The second-order valence-corrected chi connectivity index (χ2v) is 4.80. The zero-order valence-corrected chi connectivity index (χ0v) is 10.7. The van der Waals surface area contributed by atoms with Gasteiger partial charge in [-0.25, -0.2) is 4.79 Å². The van der Waals surface area contributed by atoms with E-state index in [4.69, 9.17) is 5.11 Å². The first-order valence-electron chi connectivity index (χ1n) is 6.11. The smallest absolute Gasteiger partial charge is 0.314 e. The molecule has 1 aliphatic carbocycles. The predicted molar refractivity (Wildman–Crippen MR) is 65.4 cm³/mol. The number of urea groups is 1. The fraction of sp³-hybridized carbons (Fsp3) is 0.636. The van der Waals surface area contributed by atoms with Crippen LogP contribution in [0.5, 0.6) is 0 Å². The van der Waals surface area contributed by atoms with Gasteiger partial charge in [-0.3, -0.25) is 4.79 Å². The number of nitrogens with one attached hydrogen (secondary N) is 2. The fourth-order valence-electron chi connectivity index (χ4n) is 1.75. The molecule has 104 valence electrons. The molecule has 1 aromatic heterocycles. The van der Waals surface area contributed by atoms with Crippen LogP contribution in [-0.2, 0) is 18.3 Å². The molecule has 8 nitrogen and oxygen atoms in total. The van der Waals surface area contributed by atoms with E-state index in [1.54, 1.807) is 10.9 Å². The summed E-state index contributed by atoms with van der Waals surface area (Å²) in [6.45, 7) is 0.608. The molecule has 2 rings (SSSR count). The molecule has 0 aromatic carbocycles.